The summed E-state index contributed by atoms with van der Waals surface area (Å²) in [5.74, 6) is -0.905. The third kappa shape index (κ3) is 5.23. The van der Waals surface area contributed by atoms with Crippen LogP contribution in [0.5, 0.6) is 0 Å². The maximum Gasteiger partial charge on any atom is 0.264 e. The van der Waals surface area contributed by atoms with E-state index in [1.54, 1.807) is 17.9 Å². The van der Waals surface area contributed by atoms with Crippen LogP contribution in [0.1, 0.15) is 24.6 Å². The molecule has 2 heterocycles. The molecule has 1 aromatic heterocycles. The molecule has 0 spiro atoms. The second-order valence-electron chi connectivity index (χ2n) is 8.07. The van der Waals surface area contributed by atoms with Gasteiger partial charge in [0.15, 0.2) is 0 Å². The van der Waals surface area contributed by atoms with E-state index in [4.69, 9.17) is 0 Å². The van der Waals surface area contributed by atoms with Gasteiger partial charge in [-0.1, -0.05) is 19.1 Å². The van der Waals surface area contributed by atoms with Crippen molar-refractivity contribution in [1.82, 2.24) is 9.97 Å². The van der Waals surface area contributed by atoms with Crippen molar-refractivity contribution >= 4 is 39.2 Å². The van der Waals surface area contributed by atoms with Crippen LogP contribution in [0.4, 0.5) is 17.3 Å². The maximum absolute atomic E-state index is 12.8. The molecule has 176 valence electrons. The van der Waals surface area contributed by atoms with E-state index < -0.39 is 15.9 Å². The minimum atomic E-state index is -3.88. The van der Waals surface area contributed by atoms with Crippen molar-refractivity contribution in [3.63, 3.8) is 0 Å². The number of nitrogens with zero attached hydrogens (tertiary/aromatic N) is 3. The fourth-order valence-electron chi connectivity index (χ4n) is 3.68. The van der Waals surface area contributed by atoms with E-state index in [1.165, 1.54) is 36.0 Å². The van der Waals surface area contributed by atoms with Crippen LogP contribution in [0.2, 0.25) is 0 Å². The first-order valence-electron chi connectivity index (χ1n) is 10.9. The molecule has 0 bridgehead atoms. The topological polar surface area (TPSA) is 121 Å². The van der Waals surface area contributed by atoms with Gasteiger partial charge in [-0.2, -0.15) is 0 Å². The van der Waals surface area contributed by atoms with Crippen molar-refractivity contribution in [2.45, 2.75) is 31.6 Å². The summed E-state index contributed by atoms with van der Waals surface area (Å²) in [7, 11) is -3.88. The smallest absolute Gasteiger partial charge is 0.264 e. The van der Waals surface area contributed by atoms with Gasteiger partial charge in [0.1, 0.15) is 0 Å². The predicted octanol–water partition coefficient (Wildman–Crippen LogP) is 3.14. The summed E-state index contributed by atoms with van der Waals surface area (Å²) in [5, 5.41) is 2.77. The third-order valence-electron chi connectivity index (χ3n) is 5.60. The molecule has 9 nitrogen and oxygen atoms in total. The summed E-state index contributed by atoms with van der Waals surface area (Å²) >= 11 is 0. The van der Waals surface area contributed by atoms with Gasteiger partial charge >= 0.3 is 0 Å². The van der Waals surface area contributed by atoms with E-state index in [-0.39, 0.29) is 29.1 Å². The van der Waals surface area contributed by atoms with Crippen molar-refractivity contribution in [2.24, 2.45) is 5.92 Å². The number of nitrogens with one attached hydrogen (secondary N) is 2. The number of benzene rings is 2. The van der Waals surface area contributed by atoms with Crippen LogP contribution < -0.4 is 14.9 Å². The highest BCUT2D eigenvalue weighted by Crippen LogP contribution is 2.27. The zero-order valence-electron chi connectivity index (χ0n) is 18.9. The molecule has 2 amide bonds. The summed E-state index contributed by atoms with van der Waals surface area (Å²) in [6.45, 7) is 4.09. The third-order valence-corrected chi connectivity index (χ3v) is 6.95. The monoisotopic (exact) mass is 479 g/mol. The molecule has 34 heavy (non-hydrogen) atoms. The average molecular weight is 480 g/mol. The molecule has 1 aliphatic heterocycles. The first-order chi connectivity index (χ1) is 16.2. The van der Waals surface area contributed by atoms with Crippen molar-refractivity contribution in [3.05, 3.63) is 72.1 Å². The fraction of sp³-hybridized carbons (Fsp3) is 0.250. The minimum absolute atomic E-state index is 0.00773. The number of carbonyl (C=O) groups excluding carboxylic acids is 2. The summed E-state index contributed by atoms with van der Waals surface area (Å²) in [4.78, 5) is 34.8. The average Bonchev–Trinajstić information content (AvgIpc) is 3.21. The second kappa shape index (κ2) is 9.60. The number of rotatable bonds is 7. The fourth-order valence-corrected chi connectivity index (χ4v) is 4.63. The van der Waals surface area contributed by atoms with Gasteiger partial charge in [-0.15, -0.1) is 0 Å². The molecule has 10 heteroatoms. The quantitative estimate of drug-likeness (QED) is 0.537. The molecule has 2 aromatic carbocycles. The van der Waals surface area contributed by atoms with Crippen LogP contribution in [0, 0.1) is 12.8 Å². The maximum atomic E-state index is 12.8. The summed E-state index contributed by atoms with van der Waals surface area (Å²) in [6.07, 6.45) is 2.50. The molecular formula is C24H25N5O4S. The molecule has 0 radical (unpaired) electrons. The van der Waals surface area contributed by atoms with Crippen LogP contribution >= 0.6 is 0 Å². The van der Waals surface area contributed by atoms with E-state index in [1.807, 2.05) is 24.3 Å². The SMILES string of the molecule is CCc1ccc(N2CC(C(=O)Nc3ccc(S(=O)(=O)Nc4nccc(C)n4)cc3)CC2=O)cc1. The Morgan fingerprint density at radius 1 is 1.09 bits per heavy atom. The number of sulfonamides is 1. The lowest BCUT2D eigenvalue weighted by molar-refractivity contribution is -0.122. The van der Waals surface area contributed by atoms with Crippen LogP contribution in [0.3, 0.4) is 0 Å². The molecule has 0 saturated carbocycles. The van der Waals surface area contributed by atoms with E-state index in [9.17, 15) is 18.0 Å². The van der Waals surface area contributed by atoms with E-state index in [0.717, 1.165) is 12.1 Å². The van der Waals surface area contributed by atoms with Crippen LogP contribution in [-0.4, -0.2) is 36.7 Å². The number of amides is 2. The van der Waals surface area contributed by atoms with Crippen molar-refractivity contribution in [3.8, 4) is 0 Å². The molecule has 1 fully saturated rings. The van der Waals surface area contributed by atoms with Crippen molar-refractivity contribution in [2.75, 3.05) is 21.5 Å². The number of aryl methyl sites for hydroxylation is 2. The summed E-state index contributed by atoms with van der Waals surface area (Å²) in [6, 6.07) is 15.2. The van der Waals surface area contributed by atoms with Gasteiger partial charge in [-0.25, -0.2) is 23.1 Å². The molecular weight excluding hydrogens is 454 g/mol. The highest BCUT2D eigenvalue weighted by molar-refractivity contribution is 7.92. The Kier molecular flexibility index (Phi) is 6.60. The summed E-state index contributed by atoms with van der Waals surface area (Å²) in [5.41, 5.74) is 3.02. The van der Waals surface area contributed by atoms with E-state index in [2.05, 4.69) is 26.9 Å². The Balaban J connectivity index is 1.39. The Bertz CT molecular complexity index is 1310. The van der Waals surface area contributed by atoms with Crippen molar-refractivity contribution in [1.29, 1.82) is 0 Å². The van der Waals surface area contributed by atoms with Gasteiger partial charge in [-0.05, 0) is 61.4 Å². The van der Waals surface area contributed by atoms with Crippen LogP contribution in [0.25, 0.3) is 0 Å². The van der Waals surface area contributed by atoms with Gasteiger partial charge in [0.2, 0.25) is 17.8 Å². The molecule has 3 aromatic rings. The number of carbonyl (C=O) groups is 2. The Hall–Kier alpha value is -3.79. The van der Waals surface area contributed by atoms with E-state index >= 15 is 0 Å². The molecule has 1 saturated heterocycles. The highest BCUT2D eigenvalue weighted by Gasteiger charge is 2.35. The zero-order chi connectivity index (χ0) is 24.3. The lowest BCUT2D eigenvalue weighted by Crippen LogP contribution is -2.28. The molecule has 2 N–H and O–H groups in total. The standard InChI is InChI=1S/C24H25N5O4S/c1-3-17-4-8-20(9-5-17)29-15-18(14-22(29)30)23(31)27-19-6-10-21(11-7-19)34(32,33)28-24-25-13-12-16(2)26-24/h4-13,18H,3,14-15H2,1-2H3,(H,27,31)(H,25,26,28). The largest absolute Gasteiger partial charge is 0.326 e. The number of hydrogen-bond acceptors (Lipinski definition) is 6. The van der Waals surface area contributed by atoms with Crippen molar-refractivity contribution < 1.29 is 18.0 Å². The predicted molar refractivity (Wildman–Crippen MR) is 129 cm³/mol. The molecule has 1 atom stereocenters. The Morgan fingerprint density at radius 2 is 1.79 bits per heavy atom. The van der Waals surface area contributed by atoms with Gasteiger partial charge in [0.05, 0.1) is 10.8 Å². The molecule has 1 unspecified atom stereocenters. The van der Waals surface area contributed by atoms with Gasteiger partial charge in [-0.3, -0.25) is 9.59 Å². The van der Waals surface area contributed by atoms with Gasteiger partial charge < -0.3 is 10.2 Å². The molecule has 0 aliphatic carbocycles. The number of anilines is 3. The molecule has 1 aliphatic rings. The van der Waals surface area contributed by atoms with Crippen LogP contribution in [-0.2, 0) is 26.0 Å². The highest BCUT2D eigenvalue weighted by atomic mass is 32.2. The minimum Gasteiger partial charge on any atom is -0.326 e. The lowest BCUT2D eigenvalue weighted by atomic mass is 10.1. The molecule has 4 rings (SSSR count). The lowest BCUT2D eigenvalue weighted by Gasteiger charge is -2.17. The second-order valence-corrected chi connectivity index (χ2v) is 9.75. The first kappa shape index (κ1) is 23.4. The normalized spacial score (nSPS) is 15.9. The summed E-state index contributed by atoms with van der Waals surface area (Å²) < 4.78 is 27.5. The Morgan fingerprint density at radius 3 is 2.44 bits per heavy atom. The number of hydrogen-bond donors (Lipinski definition) is 2. The zero-order valence-corrected chi connectivity index (χ0v) is 19.7. The Labute approximate surface area is 198 Å². The van der Waals surface area contributed by atoms with Gasteiger partial charge in [0.25, 0.3) is 10.0 Å². The first-order valence-corrected chi connectivity index (χ1v) is 12.4. The van der Waals surface area contributed by atoms with Gasteiger partial charge in [0, 0.05) is 36.2 Å². The number of aromatic nitrogens is 2. The van der Waals surface area contributed by atoms with Crippen LogP contribution in [0.15, 0.2) is 65.7 Å². The van der Waals surface area contributed by atoms with E-state index in [0.29, 0.717) is 17.9 Å².